The monoisotopic (exact) mass is 508 g/mol. The van der Waals surface area contributed by atoms with Gasteiger partial charge in [-0.3, -0.25) is 30.1 Å². The quantitative estimate of drug-likeness (QED) is 0.174. The van der Waals surface area contributed by atoms with Crippen molar-refractivity contribution < 1.29 is 33.4 Å². The molecular formula is C26H28N4O7. The van der Waals surface area contributed by atoms with Gasteiger partial charge >= 0.3 is 12.2 Å². The van der Waals surface area contributed by atoms with Crippen LogP contribution in [0.25, 0.3) is 0 Å². The minimum absolute atomic E-state index is 0.0158. The molecule has 2 atom stereocenters. The second-order valence-corrected chi connectivity index (χ2v) is 8.21. The highest BCUT2D eigenvalue weighted by atomic mass is 16.6. The average molecular weight is 509 g/mol. The number of amides is 4. The van der Waals surface area contributed by atoms with Crippen LogP contribution in [-0.4, -0.2) is 53.7 Å². The third-order valence-electron chi connectivity index (χ3n) is 5.55. The Kier molecular flexibility index (Phi) is 9.89. The maximum absolute atomic E-state index is 12.3. The van der Waals surface area contributed by atoms with E-state index in [-0.39, 0.29) is 25.7 Å². The number of guanidine groups is 1. The molecule has 2 aromatic carbocycles. The molecule has 0 saturated carbocycles. The number of β-lactam (4-membered cyclic amide) rings is 1. The van der Waals surface area contributed by atoms with Gasteiger partial charge < -0.3 is 14.3 Å². The van der Waals surface area contributed by atoms with Crippen molar-refractivity contribution in [2.75, 3.05) is 6.54 Å². The number of aliphatic imine (C=N–C) groups is 1. The Morgan fingerprint density at radius 2 is 1.43 bits per heavy atom. The molecule has 1 fully saturated rings. The summed E-state index contributed by atoms with van der Waals surface area (Å²) in [6.45, 7) is 1.37. The van der Waals surface area contributed by atoms with Crippen molar-refractivity contribution in [3.8, 4) is 0 Å². The molecule has 0 bridgehead atoms. The van der Waals surface area contributed by atoms with E-state index in [1.54, 1.807) is 24.3 Å². The fourth-order valence-electron chi connectivity index (χ4n) is 3.71. The van der Waals surface area contributed by atoms with E-state index in [4.69, 9.17) is 9.47 Å². The van der Waals surface area contributed by atoms with Crippen LogP contribution >= 0.6 is 0 Å². The van der Waals surface area contributed by atoms with Crippen LogP contribution in [0.3, 0.4) is 0 Å². The number of hydrogen-bond donors (Lipinski definition) is 2. The van der Waals surface area contributed by atoms with Gasteiger partial charge in [-0.1, -0.05) is 60.7 Å². The number of nitrogens with zero attached hydrogens (tertiary/aromatic N) is 2. The van der Waals surface area contributed by atoms with Gasteiger partial charge in [-0.05, 0) is 24.0 Å². The second kappa shape index (κ2) is 13.5. The van der Waals surface area contributed by atoms with E-state index in [0.29, 0.717) is 19.1 Å². The zero-order valence-corrected chi connectivity index (χ0v) is 20.3. The van der Waals surface area contributed by atoms with Crippen LogP contribution < -0.4 is 10.6 Å². The van der Waals surface area contributed by atoms with Gasteiger partial charge in [0.2, 0.25) is 17.8 Å². The summed E-state index contributed by atoms with van der Waals surface area (Å²) in [7, 11) is 0. The number of carbonyl (C=O) groups is 5. The maximum atomic E-state index is 12.3. The molecule has 194 valence electrons. The lowest BCUT2D eigenvalue weighted by atomic mass is 9.84. The van der Waals surface area contributed by atoms with Crippen LogP contribution in [0.1, 0.15) is 30.9 Å². The van der Waals surface area contributed by atoms with Crippen molar-refractivity contribution in [2.24, 2.45) is 10.9 Å². The summed E-state index contributed by atoms with van der Waals surface area (Å²) in [5, 5.41) is 4.77. The lowest BCUT2D eigenvalue weighted by Gasteiger charge is -2.42. The average Bonchev–Trinajstić information content (AvgIpc) is 2.89. The summed E-state index contributed by atoms with van der Waals surface area (Å²) < 4.78 is 10.3. The summed E-state index contributed by atoms with van der Waals surface area (Å²) in [6.07, 6.45) is -0.426. The van der Waals surface area contributed by atoms with Crippen molar-refractivity contribution in [1.82, 2.24) is 15.5 Å². The first-order valence-electron chi connectivity index (χ1n) is 11.7. The predicted octanol–water partition coefficient (Wildman–Crippen LogP) is 2.55. The molecule has 1 saturated heterocycles. The third-order valence-corrected chi connectivity index (χ3v) is 5.55. The number of nitrogens with one attached hydrogen (secondary N) is 2. The smallest absolute Gasteiger partial charge is 0.414 e. The van der Waals surface area contributed by atoms with Gasteiger partial charge in [-0.25, -0.2) is 9.59 Å². The standard InChI is InChI=1S/C26H28N4O7/c1-18(32)30-22(15-31)21(23(30)33)13-8-14-27-24(28-25(34)36-16-19-9-4-2-5-10-19)29-26(35)37-17-20-11-6-3-7-12-20/h2-7,9-12,15,21-22H,8,13-14,16-17H2,1H3,(H2,27,28,29,34,35)/t21-,22-/m1/s1. The molecule has 3 rings (SSSR count). The van der Waals surface area contributed by atoms with Crippen molar-refractivity contribution in [3.05, 3.63) is 71.8 Å². The molecule has 2 N–H and O–H groups in total. The van der Waals surface area contributed by atoms with Gasteiger partial charge in [0, 0.05) is 13.5 Å². The Balaban J connectivity index is 1.55. The highest BCUT2D eigenvalue weighted by Gasteiger charge is 2.48. The van der Waals surface area contributed by atoms with E-state index in [9.17, 15) is 24.0 Å². The predicted molar refractivity (Wildman–Crippen MR) is 132 cm³/mol. The van der Waals surface area contributed by atoms with Crippen LogP contribution in [0.4, 0.5) is 9.59 Å². The zero-order chi connectivity index (χ0) is 26.6. The topological polar surface area (TPSA) is 143 Å². The first-order chi connectivity index (χ1) is 17.9. The molecule has 0 aromatic heterocycles. The number of imide groups is 1. The van der Waals surface area contributed by atoms with Crippen LogP contribution in [0.15, 0.2) is 65.7 Å². The van der Waals surface area contributed by atoms with Gasteiger partial charge in [-0.2, -0.15) is 0 Å². The Bertz CT molecular complexity index is 1080. The fourth-order valence-corrected chi connectivity index (χ4v) is 3.71. The third kappa shape index (κ3) is 7.99. The van der Waals surface area contributed by atoms with Crippen LogP contribution in [-0.2, 0) is 37.1 Å². The summed E-state index contributed by atoms with van der Waals surface area (Å²) in [5.41, 5.74) is 1.56. The Morgan fingerprint density at radius 1 is 0.919 bits per heavy atom. The minimum Gasteiger partial charge on any atom is -0.444 e. The molecule has 1 heterocycles. The molecule has 0 spiro atoms. The number of ether oxygens (including phenoxy) is 2. The molecule has 0 unspecified atom stereocenters. The number of alkyl carbamates (subject to hydrolysis) is 2. The fraction of sp³-hybridized carbons (Fsp3) is 0.308. The second-order valence-electron chi connectivity index (χ2n) is 8.21. The summed E-state index contributed by atoms with van der Waals surface area (Å²) in [5.74, 6) is -1.67. The highest BCUT2D eigenvalue weighted by molar-refractivity contribution is 6.05. The van der Waals surface area contributed by atoms with Crippen molar-refractivity contribution in [2.45, 2.75) is 39.0 Å². The van der Waals surface area contributed by atoms with Crippen LogP contribution in [0.5, 0.6) is 0 Å². The number of likely N-dealkylation sites (tertiary alicyclic amines) is 1. The summed E-state index contributed by atoms with van der Waals surface area (Å²) in [4.78, 5) is 64.6. The number of carbonyl (C=O) groups excluding carboxylic acids is 5. The first-order valence-corrected chi connectivity index (χ1v) is 11.7. The number of rotatable bonds is 9. The van der Waals surface area contributed by atoms with Gasteiger partial charge in [0.25, 0.3) is 0 Å². The van der Waals surface area contributed by atoms with E-state index in [1.165, 1.54) is 6.92 Å². The largest absolute Gasteiger partial charge is 0.444 e. The molecule has 1 aliphatic rings. The van der Waals surface area contributed by atoms with E-state index in [1.807, 2.05) is 36.4 Å². The number of benzene rings is 2. The molecule has 0 aliphatic carbocycles. The highest BCUT2D eigenvalue weighted by Crippen LogP contribution is 2.29. The molecule has 11 nitrogen and oxygen atoms in total. The van der Waals surface area contributed by atoms with E-state index < -0.39 is 36.0 Å². The van der Waals surface area contributed by atoms with E-state index in [0.717, 1.165) is 16.0 Å². The van der Waals surface area contributed by atoms with E-state index in [2.05, 4.69) is 15.6 Å². The zero-order valence-electron chi connectivity index (χ0n) is 20.3. The molecule has 1 aliphatic heterocycles. The van der Waals surface area contributed by atoms with Crippen molar-refractivity contribution in [3.63, 3.8) is 0 Å². The van der Waals surface area contributed by atoms with Crippen LogP contribution in [0, 0.1) is 5.92 Å². The van der Waals surface area contributed by atoms with Gasteiger partial charge in [0.05, 0.1) is 5.92 Å². The molecule has 4 amide bonds. The SMILES string of the molecule is CC(=O)N1C(=O)[C@H](CCCN=C(NC(=O)OCc2ccccc2)NC(=O)OCc2ccccc2)[C@H]1C=O. The van der Waals surface area contributed by atoms with Gasteiger partial charge in [0.15, 0.2) is 0 Å². The number of hydrogen-bond acceptors (Lipinski definition) is 8. The molecular weight excluding hydrogens is 480 g/mol. The molecule has 11 heteroatoms. The lowest BCUT2D eigenvalue weighted by Crippen LogP contribution is -2.63. The number of aldehydes is 1. The molecule has 37 heavy (non-hydrogen) atoms. The van der Waals surface area contributed by atoms with Gasteiger partial charge in [0.1, 0.15) is 25.5 Å². The van der Waals surface area contributed by atoms with Crippen molar-refractivity contribution >= 4 is 36.2 Å². The summed E-state index contributed by atoms with van der Waals surface area (Å²) in [6, 6.07) is 17.3. The maximum Gasteiger partial charge on any atom is 0.414 e. The van der Waals surface area contributed by atoms with Crippen LogP contribution in [0.2, 0.25) is 0 Å². The van der Waals surface area contributed by atoms with E-state index >= 15 is 0 Å². The Morgan fingerprint density at radius 3 is 1.89 bits per heavy atom. The Hall–Kier alpha value is -4.54. The molecule has 2 aromatic rings. The normalized spacial score (nSPS) is 16.1. The summed E-state index contributed by atoms with van der Waals surface area (Å²) >= 11 is 0. The lowest BCUT2D eigenvalue weighted by molar-refractivity contribution is -0.167. The minimum atomic E-state index is -0.835. The first kappa shape index (κ1) is 27.1. The van der Waals surface area contributed by atoms with Crippen molar-refractivity contribution in [1.29, 1.82) is 0 Å². The van der Waals surface area contributed by atoms with Gasteiger partial charge in [-0.15, -0.1) is 0 Å². The Labute approximate surface area is 213 Å². The molecule has 0 radical (unpaired) electrons.